The standard InChI is InChI=1S/C14H17N/c1-3-4-13-5-7-14(8-6-13)15-10-9-12(2)11-15/h5-11H,3-4H2,1-2H3. The molecule has 0 aliphatic rings. The van der Waals surface area contributed by atoms with E-state index in [0.717, 1.165) is 0 Å². The number of aryl methyl sites for hydroxylation is 2. The first-order valence-corrected chi connectivity index (χ1v) is 5.53. The zero-order chi connectivity index (χ0) is 10.7. The average Bonchev–Trinajstić information content (AvgIpc) is 2.67. The van der Waals surface area contributed by atoms with Crippen LogP contribution in [-0.4, -0.2) is 4.57 Å². The van der Waals surface area contributed by atoms with Gasteiger partial charge in [0.15, 0.2) is 0 Å². The summed E-state index contributed by atoms with van der Waals surface area (Å²) in [7, 11) is 0. The molecule has 0 radical (unpaired) electrons. The van der Waals surface area contributed by atoms with Gasteiger partial charge in [-0.25, -0.2) is 0 Å². The van der Waals surface area contributed by atoms with E-state index < -0.39 is 0 Å². The number of nitrogens with zero attached hydrogens (tertiary/aromatic N) is 1. The summed E-state index contributed by atoms with van der Waals surface area (Å²) in [4.78, 5) is 0. The first kappa shape index (κ1) is 10.0. The second-order valence-corrected chi connectivity index (χ2v) is 4.01. The van der Waals surface area contributed by atoms with Gasteiger partial charge in [-0.05, 0) is 42.7 Å². The molecular formula is C14H17N. The predicted molar refractivity (Wildman–Crippen MR) is 64.5 cm³/mol. The van der Waals surface area contributed by atoms with Gasteiger partial charge in [-0.1, -0.05) is 25.5 Å². The monoisotopic (exact) mass is 199 g/mol. The topological polar surface area (TPSA) is 4.93 Å². The smallest absolute Gasteiger partial charge is 0.0449 e. The van der Waals surface area contributed by atoms with Gasteiger partial charge in [0.2, 0.25) is 0 Å². The minimum Gasteiger partial charge on any atom is -0.324 e. The molecule has 0 unspecified atom stereocenters. The van der Waals surface area contributed by atoms with Crippen LogP contribution in [0.5, 0.6) is 0 Å². The third-order valence-electron chi connectivity index (χ3n) is 2.61. The normalized spacial score (nSPS) is 10.5. The van der Waals surface area contributed by atoms with E-state index in [4.69, 9.17) is 0 Å². The quantitative estimate of drug-likeness (QED) is 0.709. The van der Waals surface area contributed by atoms with Crippen molar-refractivity contribution in [2.45, 2.75) is 26.7 Å². The van der Waals surface area contributed by atoms with Gasteiger partial charge in [0, 0.05) is 18.1 Å². The van der Waals surface area contributed by atoms with Gasteiger partial charge in [0.1, 0.15) is 0 Å². The zero-order valence-corrected chi connectivity index (χ0v) is 9.40. The van der Waals surface area contributed by atoms with Crippen LogP contribution in [0.2, 0.25) is 0 Å². The Balaban J connectivity index is 2.23. The molecule has 1 heterocycles. The van der Waals surface area contributed by atoms with Crippen molar-refractivity contribution in [2.24, 2.45) is 0 Å². The Bertz CT molecular complexity index is 423. The molecule has 0 aliphatic heterocycles. The highest BCUT2D eigenvalue weighted by atomic mass is 14.9. The van der Waals surface area contributed by atoms with Crippen molar-refractivity contribution in [3.05, 3.63) is 53.9 Å². The minimum atomic E-state index is 1.17. The predicted octanol–water partition coefficient (Wildman–Crippen LogP) is 3.74. The number of rotatable bonds is 3. The van der Waals surface area contributed by atoms with Crippen molar-refractivity contribution in [1.82, 2.24) is 4.57 Å². The Morgan fingerprint density at radius 1 is 1.07 bits per heavy atom. The van der Waals surface area contributed by atoms with Crippen molar-refractivity contribution in [3.63, 3.8) is 0 Å². The second-order valence-electron chi connectivity index (χ2n) is 4.01. The Morgan fingerprint density at radius 2 is 1.80 bits per heavy atom. The molecule has 1 aromatic carbocycles. The van der Waals surface area contributed by atoms with E-state index in [1.54, 1.807) is 0 Å². The molecule has 2 aromatic rings. The minimum absolute atomic E-state index is 1.17. The number of benzene rings is 1. The molecule has 2 rings (SSSR count). The molecule has 0 aliphatic carbocycles. The summed E-state index contributed by atoms with van der Waals surface area (Å²) in [6.07, 6.45) is 6.63. The fourth-order valence-electron chi connectivity index (χ4n) is 1.79. The van der Waals surface area contributed by atoms with Crippen LogP contribution in [0.1, 0.15) is 24.5 Å². The molecule has 0 saturated carbocycles. The van der Waals surface area contributed by atoms with Gasteiger partial charge in [-0.3, -0.25) is 0 Å². The highest BCUT2D eigenvalue weighted by Gasteiger charge is 1.96. The van der Waals surface area contributed by atoms with E-state index in [0.29, 0.717) is 0 Å². The fraction of sp³-hybridized carbons (Fsp3) is 0.286. The van der Waals surface area contributed by atoms with E-state index in [1.807, 2.05) is 0 Å². The lowest BCUT2D eigenvalue weighted by Crippen LogP contribution is -1.90. The van der Waals surface area contributed by atoms with Crippen LogP contribution in [0, 0.1) is 6.92 Å². The third kappa shape index (κ3) is 2.30. The Hall–Kier alpha value is -1.50. The lowest BCUT2D eigenvalue weighted by molar-refractivity contribution is 0.920. The van der Waals surface area contributed by atoms with E-state index in [9.17, 15) is 0 Å². The summed E-state index contributed by atoms with van der Waals surface area (Å²) in [5.74, 6) is 0. The summed E-state index contributed by atoms with van der Waals surface area (Å²) in [6, 6.07) is 10.9. The van der Waals surface area contributed by atoms with Gasteiger partial charge in [-0.2, -0.15) is 0 Å². The third-order valence-corrected chi connectivity index (χ3v) is 2.61. The van der Waals surface area contributed by atoms with Crippen LogP contribution in [0.15, 0.2) is 42.7 Å². The molecule has 0 spiro atoms. The van der Waals surface area contributed by atoms with Crippen LogP contribution in [0.25, 0.3) is 5.69 Å². The maximum absolute atomic E-state index is 2.22. The van der Waals surface area contributed by atoms with Crippen LogP contribution >= 0.6 is 0 Å². The molecular weight excluding hydrogens is 182 g/mol. The Morgan fingerprint density at radius 3 is 2.33 bits per heavy atom. The van der Waals surface area contributed by atoms with Crippen molar-refractivity contribution >= 4 is 0 Å². The maximum atomic E-state index is 2.22. The first-order chi connectivity index (χ1) is 7.29. The average molecular weight is 199 g/mol. The molecule has 1 aromatic heterocycles. The number of aromatic nitrogens is 1. The highest BCUT2D eigenvalue weighted by molar-refractivity contribution is 5.36. The molecule has 0 N–H and O–H groups in total. The fourth-order valence-corrected chi connectivity index (χ4v) is 1.79. The second kappa shape index (κ2) is 4.35. The highest BCUT2D eigenvalue weighted by Crippen LogP contribution is 2.12. The lowest BCUT2D eigenvalue weighted by atomic mass is 10.1. The van der Waals surface area contributed by atoms with Crippen molar-refractivity contribution in [3.8, 4) is 5.69 Å². The molecule has 0 saturated heterocycles. The SMILES string of the molecule is CCCc1ccc(-n2ccc(C)c2)cc1. The molecule has 0 atom stereocenters. The lowest BCUT2D eigenvalue weighted by Gasteiger charge is -2.04. The Labute approximate surface area is 91.4 Å². The molecule has 0 amide bonds. The summed E-state index contributed by atoms with van der Waals surface area (Å²) in [5.41, 5.74) is 3.96. The van der Waals surface area contributed by atoms with Gasteiger partial charge in [-0.15, -0.1) is 0 Å². The van der Waals surface area contributed by atoms with Gasteiger partial charge >= 0.3 is 0 Å². The van der Waals surface area contributed by atoms with E-state index >= 15 is 0 Å². The number of hydrogen-bond acceptors (Lipinski definition) is 0. The van der Waals surface area contributed by atoms with Crippen molar-refractivity contribution < 1.29 is 0 Å². The van der Waals surface area contributed by atoms with E-state index in [-0.39, 0.29) is 0 Å². The maximum Gasteiger partial charge on any atom is 0.0449 e. The van der Waals surface area contributed by atoms with E-state index in [1.165, 1.54) is 29.7 Å². The summed E-state index contributed by atoms with van der Waals surface area (Å²) in [5, 5.41) is 0. The molecule has 15 heavy (non-hydrogen) atoms. The largest absolute Gasteiger partial charge is 0.324 e. The van der Waals surface area contributed by atoms with Crippen molar-refractivity contribution in [2.75, 3.05) is 0 Å². The molecule has 0 bridgehead atoms. The molecule has 78 valence electrons. The van der Waals surface area contributed by atoms with Gasteiger partial charge in [0.25, 0.3) is 0 Å². The zero-order valence-electron chi connectivity index (χ0n) is 9.40. The Kier molecular flexibility index (Phi) is 2.91. The first-order valence-electron chi connectivity index (χ1n) is 5.53. The number of hydrogen-bond donors (Lipinski definition) is 0. The van der Waals surface area contributed by atoms with Crippen LogP contribution in [0.3, 0.4) is 0 Å². The molecule has 1 heteroatoms. The van der Waals surface area contributed by atoms with E-state index in [2.05, 4.69) is 61.1 Å². The van der Waals surface area contributed by atoms with Gasteiger partial charge < -0.3 is 4.57 Å². The van der Waals surface area contributed by atoms with Crippen LogP contribution < -0.4 is 0 Å². The summed E-state index contributed by atoms with van der Waals surface area (Å²) < 4.78 is 2.16. The molecule has 0 fully saturated rings. The van der Waals surface area contributed by atoms with Gasteiger partial charge in [0.05, 0.1) is 0 Å². The molecule has 1 nitrogen and oxygen atoms in total. The summed E-state index contributed by atoms with van der Waals surface area (Å²) in [6.45, 7) is 4.32. The van der Waals surface area contributed by atoms with Crippen LogP contribution in [-0.2, 0) is 6.42 Å². The van der Waals surface area contributed by atoms with Crippen LogP contribution in [0.4, 0.5) is 0 Å². The van der Waals surface area contributed by atoms with Crippen molar-refractivity contribution in [1.29, 1.82) is 0 Å². The summed E-state index contributed by atoms with van der Waals surface area (Å²) >= 11 is 0.